The van der Waals surface area contributed by atoms with Gasteiger partial charge in [0.05, 0.1) is 18.9 Å². The highest BCUT2D eigenvalue weighted by atomic mass is 16.5. The smallest absolute Gasteiger partial charge is 0.259 e. The fraction of sp³-hybridized carbons (Fsp3) is 0.692. The minimum atomic E-state index is 0.0260. The molecule has 2 fully saturated rings. The predicted octanol–water partition coefficient (Wildman–Crippen LogP) is 0.614. The Labute approximate surface area is 112 Å². The van der Waals surface area contributed by atoms with Gasteiger partial charge in [0.15, 0.2) is 0 Å². The molecule has 1 N–H and O–H groups in total. The van der Waals surface area contributed by atoms with Crippen LogP contribution in [-0.2, 0) is 4.74 Å². The maximum atomic E-state index is 12.5. The molecule has 6 heteroatoms. The van der Waals surface area contributed by atoms with Crippen molar-refractivity contribution in [2.24, 2.45) is 0 Å². The highest BCUT2D eigenvalue weighted by Crippen LogP contribution is 2.27. The van der Waals surface area contributed by atoms with Crippen LogP contribution in [-0.4, -0.2) is 55.4 Å². The van der Waals surface area contributed by atoms with Crippen LogP contribution in [0.2, 0.25) is 0 Å². The van der Waals surface area contributed by atoms with Gasteiger partial charge < -0.3 is 19.5 Å². The zero-order valence-electron chi connectivity index (χ0n) is 10.9. The lowest BCUT2D eigenvalue weighted by atomic mass is 9.92. The van der Waals surface area contributed by atoms with Crippen molar-refractivity contribution in [1.82, 2.24) is 15.4 Å². The molecule has 2 aliphatic heterocycles. The second kappa shape index (κ2) is 5.71. The first-order chi connectivity index (χ1) is 9.36. The van der Waals surface area contributed by atoms with E-state index in [4.69, 9.17) is 9.26 Å². The van der Waals surface area contributed by atoms with Gasteiger partial charge in [-0.1, -0.05) is 5.16 Å². The highest BCUT2D eigenvalue weighted by Gasteiger charge is 2.28. The van der Waals surface area contributed by atoms with Crippen LogP contribution in [0.25, 0.3) is 0 Å². The number of nitrogens with one attached hydrogen (secondary N) is 1. The summed E-state index contributed by atoms with van der Waals surface area (Å²) in [7, 11) is 0. The van der Waals surface area contributed by atoms with Gasteiger partial charge in [-0.25, -0.2) is 0 Å². The fourth-order valence-electron chi connectivity index (χ4n) is 2.73. The normalized spacial score (nSPS) is 21.6. The summed E-state index contributed by atoms with van der Waals surface area (Å²) in [6, 6.07) is 0. The number of nitrogens with zero attached hydrogens (tertiary/aromatic N) is 2. The quantitative estimate of drug-likeness (QED) is 0.848. The topological polar surface area (TPSA) is 67.6 Å². The van der Waals surface area contributed by atoms with Crippen molar-refractivity contribution >= 4 is 5.91 Å². The van der Waals surface area contributed by atoms with E-state index in [0.717, 1.165) is 31.6 Å². The minimum Gasteiger partial charge on any atom is -0.378 e. The zero-order valence-corrected chi connectivity index (χ0v) is 10.9. The summed E-state index contributed by atoms with van der Waals surface area (Å²) < 4.78 is 10.3. The number of hydrogen-bond donors (Lipinski definition) is 1. The van der Waals surface area contributed by atoms with Crippen LogP contribution in [0.3, 0.4) is 0 Å². The summed E-state index contributed by atoms with van der Waals surface area (Å²) in [5.41, 5.74) is 1.46. The lowest BCUT2D eigenvalue weighted by molar-refractivity contribution is 0.0301. The molecular formula is C13H19N3O3. The summed E-state index contributed by atoms with van der Waals surface area (Å²) in [5.74, 6) is 0.359. The summed E-state index contributed by atoms with van der Waals surface area (Å²) in [5, 5.41) is 7.39. The standard InChI is InChI=1S/C13H19N3O3/c17-13(16-5-7-18-8-6-16)11-9-19-15-12(11)10-1-3-14-4-2-10/h9-10,14H,1-8H2. The molecular weight excluding hydrogens is 246 g/mol. The van der Waals surface area contributed by atoms with Crippen LogP contribution < -0.4 is 5.32 Å². The maximum absolute atomic E-state index is 12.5. The van der Waals surface area contributed by atoms with Crippen LogP contribution in [0, 0.1) is 0 Å². The van der Waals surface area contributed by atoms with Crippen molar-refractivity contribution in [3.63, 3.8) is 0 Å². The average Bonchev–Trinajstić information content (AvgIpc) is 2.98. The number of morpholine rings is 1. The van der Waals surface area contributed by atoms with E-state index in [1.807, 2.05) is 4.90 Å². The fourth-order valence-corrected chi connectivity index (χ4v) is 2.73. The Morgan fingerprint density at radius 1 is 1.32 bits per heavy atom. The number of ether oxygens (including phenoxy) is 1. The number of amides is 1. The summed E-state index contributed by atoms with van der Waals surface area (Å²) >= 11 is 0. The van der Waals surface area contributed by atoms with Crippen molar-refractivity contribution in [1.29, 1.82) is 0 Å². The highest BCUT2D eigenvalue weighted by molar-refractivity contribution is 5.95. The zero-order chi connectivity index (χ0) is 13.1. The van der Waals surface area contributed by atoms with Crippen molar-refractivity contribution in [2.45, 2.75) is 18.8 Å². The Morgan fingerprint density at radius 3 is 2.79 bits per heavy atom. The van der Waals surface area contributed by atoms with Crippen LogP contribution in [0.1, 0.15) is 34.8 Å². The van der Waals surface area contributed by atoms with Crippen molar-refractivity contribution in [3.05, 3.63) is 17.5 Å². The van der Waals surface area contributed by atoms with Gasteiger partial charge >= 0.3 is 0 Å². The molecule has 2 aliphatic rings. The molecule has 0 radical (unpaired) electrons. The second-order valence-electron chi connectivity index (χ2n) is 5.04. The molecule has 1 aromatic rings. The lowest BCUT2D eigenvalue weighted by Gasteiger charge is -2.27. The van der Waals surface area contributed by atoms with Gasteiger partial charge in [-0.15, -0.1) is 0 Å². The third-order valence-electron chi connectivity index (χ3n) is 3.85. The number of piperidine rings is 1. The molecule has 6 nitrogen and oxygen atoms in total. The summed E-state index contributed by atoms with van der Waals surface area (Å²) in [4.78, 5) is 14.3. The van der Waals surface area contributed by atoms with Crippen molar-refractivity contribution in [2.75, 3.05) is 39.4 Å². The summed E-state index contributed by atoms with van der Waals surface area (Å²) in [6.07, 6.45) is 3.51. The molecule has 2 saturated heterocycles. The Morgan fingerprint density at radius 2 is 2.05 bits per heavy atom. The molecule has 0 bridgehead atoms. The molecule has 0 aliphatic carbocycles. The van der Waals surface area contributed by atoms with E-state index in [0.29, 0.717) is 37.8 Å². The Bertz CT molecular complexity index is 434. The van der Waals surface area contributed by atoms with E-state index in [1.54, 1.807) is 0 Å². The number of aromatic nitrogens is 1. The van der Waals surface area contributed by atoms with Gasteiger partial charge in [0.25, 0.3) is 5.91 Å². The van der Waals surface area contributed by atoms with Gasteiger partial charge in [-0.2, -0.15) is 0 Å². The van der Waals surface area contributed by atoms with Crippen LogP contribution in [0.15, 0.2) is 10.8 Å². The number of carbonyl (C=O) groups excluding carboxylic acids is 1. The van der Waals surface area contributed by atoms with Crippen LogP contribution in [0.4, 0.5) is 0 Å². The van der Waals surface area contributed by atoms with E-state index >= 15 is 0 Å². The first kappa shape index (κ1) is 12.6. The SMILES string of the molecule is O=C(c1conc1C1CCNCC1)N1CCOCC1. The third kappa shape index (κ3) is 2.64. The molecule has 0 atom stereocenters. The monoisotopic (exact) mass is 265 g/mol. The molecule has 0 aromatic carbocycles. The Hall–Kier alpha value is -1.40. The molecule has 3 rings (SSSR count). The largest absolute Gasteiger partial charge is 0.378 e. The second-order valence-corrected chi connectivity index (χ2v) is 5.04. The first-order valence-corrected chi connectivity index (χ1v) is 6.88. The molecule has 19 heavy (non-hydrogen) atoms. The average molecular weight is 265 g/mol. The Kier molecular flexibility index (Phi) is 3.79. The molecule has 1 aromatic heterocycles. The number of rotatable bonds is 2. The molecule has 3 heterocycles. The Balaban J connectivity index is 1.76. The molecule has 0 spiro atoms. The van der Waals surface area contributed by atoms with Gasteiger partial charge in [-0.3, -0.25) is 4.79 Å². The number of carbonyl (C=O) groups is 1. The van der Waals surface area contributed by atoms with Crippen molar-refractivity contribution in [3.8, 4) is 0 Å². The molecule has 104 valence electrons. The van der Waals surface area contributed by atoms with E-state index in [9.17, 15) is 4.79 Å². The first-order valence-electron chi connectivity index (χ1n) is 6.88. The predicted molar refractivity (Wildman–Crippen MR) is 68.1 cm³/mol. The van der Waals surface area contributed by atoms with Gasteiger partial charge in [0.2, 0.25) is 0 Å². The van der Waals surface area contributed by atoms with Gasteiger partial charge in [0.1, 0.15) is 11.8 Å². The van der Waals surface area contributed by atoms with E-state index in [1.165, 1.54) is 6.26 Å². The van der Waals surface area contributed by atoms with E-state index in [2.05, 4.69) is 10.5 Å². The molecule has 0 saturated carbocycles. The lowest BCUT2D eigenvalue weighted by Crippen LogP contribution is -2.41. The minimum absolute atomic E-state index is 0.0260. The summed E-state index contributed by atoms with van der Waals surface area (Å²) in [6.45, 7) is 4.47. The van der Waals surface area contributed by atoms with Gasteiger partial charge in [0, 0.05) is 19.0 Å². The molecule has 1 amide bonds. The van der Waals surface area contributed by atoms with Crippen LogP contribution in [0.5, 0.6) is 0 Å². The third-order valence-corrected chi connectivity index (χ3v) is 3.85. The van der Waals surface area contributed by atoms with Crippen LogP contribution >= 0.6 is 0 Å². The van der Waals surface area contributed by atoms with E-state index in [-0.39, 0.29) is 5.91 Å². The van der Waals surface area contributed by atoms with Gasteiger partial charge in [-0.05, 0) is 25.9 Å². The number of hydrogen-bond acceptors (Lipinski definition) is 5. The van der Waals surface area contributed by atoms with E-state index < -0.39 is 0 Å². The van der Waals surface area contributed by atoms with Crippen molar-refractivity contribution < 1.29 is 14.1 Å². The maximum Gasteiger partial charge on any atom is 0.259 e. The molecule has 0 unspecified atom stereocenters.